The van der Waals surface area contributed by atoms with Crippen LogP contribution in [0.3, 0.4) is 0 Å². The van der Waals surface area contributed by atoms with Gasteiger partial charge in [-0.15, -0.1) is 0 Å². The van der Waals surface area contributed by atoms with E-state index in [0.29, 0.717) is 17.9 Å². The van der Waals surface area contributed by atoms with Crippen molar-refractivity contribution in [2.24, 2.45) is 0 Å². The van der Waals surface area contributed by atoms with E-state index < -0.39 is 40.6 Å². The van der Waals surface area contributed by atoms with Crippen molar-refractivity contribution in [2.45, 2.75) is 43.6 Å². The Kier molecular flexibility index (Phi) is 7.23. The van der Waals surface area contributed by atoms with E-state index >= 15 is 0 Å². The predicted octanol–water partition coefficient (Wildman–Crippen LogP) is -4.60. The quantitative estimate of drug-likeness (QED) is 0.195. The fraction of sp³-hybridized carbons (Fsp3) is 0.833. The van der Waals surface area contributed by atoms with Crippen molar-refractivity contribution < 1.29 is 65.6 Å². The van der Waals surface area contributed by atoms with Crippen molar-refractivity contribution >= 4 is 22.3 Å². The van der Waals surface area contributed by atoms with Crippen molar-refractivity contribution in [1.29, 1.82) is 0 Å². The van der Waals surface area contributed by atoms with Crippen LogP contribution in [0, 0.1) is 0 Å². The molecule has 0 spiro atoms. The molecule has 26 heavy (non-hydrogen) atoms. The minimum absolute atomic E-state index is 0. The van der Waals surface area contributed by atoms with Crippen LogP contribution in [0.15, 0.2) is 0 Å². The second-order valence-corrected chi connectivity index (χ2v) is 7.17. The molecule has 3 amide bonds. The van der Waals surface area contributed by atoms with E-state index in [-0.39, 0.29) is 61.7 Å². The van der Waals surface area contributed by atoms with Gasteiger partial charge in [-0.05, 0) is 19.3 Å². The standard InChI is InChI=1S/C12H19FN4O7S.Na/c13-7-3-8(14-4-7)6-23-15-11(18)10-2-1-9-5-16(10)12(19)17(9)24-25(20,21)22;/h7-10,14H,1-6H2,(H,15,18)(H,20,21,22);/q;+1/p-1/t7-,8+,9-,10+;/m1./s1. The van der Waals surface area contributed by atoms with Gasteiger partial charge in [0.05, 0.1) is 12.6 Å². The van der Waals surface area contributed by atoms with Crippen LogP contribution in [0.25, 0.3) is 0 Å². The Labute approximate surface area is 171 Å². The van der Waals surface area contributed by atoms with Gasteiger partial charge in [0.15, 0.2) is 0 Å². The summed E-state index contributed by atoms with van der Waals surface area (Å²) in [5.41, 5.74) is 2.23. The average Bonchev–Trinajstić information content (AvgIpc) is 3.04. The summed E-state index contributed by atoms with van der Waals surface area (Å²) in [6.07, 6.45) is -0.0888. The van der Waals surface area contributed by atoms with Crippen LogP contribution in [0.5, 0.6) is 0 Å². The number of rotatable bonds is 6. The number of piperidine rings is 1. The van der Waals surface area contributed by atoms with Crippen LogP contribution in [0.1, 0.15) is 19.3 Å². The average molecular weight is 404 g/mol. The molecule has 11 nitrogen and oxygen atoms in total. The van der Waals surface area contributed by atoms with E-state index in [1.54, 1.807) is 0 Å². The molecule has 142 valence electrons. The number of carbonyl (C=O) groups excluding carboxylic acids is 2. The summed E-state index contributed by atoms with van der Waals surface area (Å²) in [6.45, 7) is 0.395. The Balaban J connectivity index is 0.00000243. The van der Waals surface area contributed by atoms with Gasteiger partial charge in [0, 0.05) is 19.1 Å². The molecule has 0 aromatic carbocycles. The molecule has 2 N–H and O–H groups in total. The molecule has 0 radical (unpaired) electrons. The van der Waals surface area contributed by atoms with Crippen molar-refractivity contribution in [2.75, 3.05) is 19.7 Å². The first kappa shape index (κ1) is 21.8. The summed E-state index contributed by atoms with van der Waals surface area (Å²) >= 11 is 0. The normalized spacial score (nSPS) is 31.1. The number of carbonyl (C=O) groups is 2. The van der Waals surface area contributed by atoms with Crippen LogP contribution >= 0.6 is 0 Å². The molecule has 3 heterocycles. The summed E-state index contributed by atoms with van der Waals surface area (Å²) in [5.74, 6) is -0.576. The van der Waals surface area contributed by atoms with Gasteiger partial charge in [-0.1, -0.05) is 0 Å². The molecule has 2 bridgehead atoms. The number of alkyl halides is 1. The Hall–Kier alpha value is -0.540. The van der Waals surface area contributed by atoms with Crippen molar-refractivity contribution in [3.8, 4) is 0 Å². The first-order valence-electron chi connectivity index (χ1n) is 7.79. The van der Waals surface area contributed by atoms with Gasteiger partial charge in [0.25, 0.3) is 5.91 Å². The number of hydrogen-bond acceptors (Lipinski definition) is 8. The number of nitrogens with one attached hydrogen (secondary N) is 2. The minimum atomic E-state index is -5.08. The summed E-state index contributed by atoms with van der Waals surface area (Å²) < 4.78 is 49.3. The molecule has 0 aromatic rings. The van der Waals surface area contributed by atoms with Gasteiger partial charge in [0.1, 0.15) is 12.2 Å². The Morgan fingerprint density at radius 1 is 1.42 bits per heavy atom. The molecule has 4 atom stereocenters. The molecule has 3 saturated heterocycles. The molecule has 0 unspecified atom stereocenters. The van der Waals surface area contributed by atoms with E-state index in [2.05, 4.69) is 15.1 Å². The molecule has 3 rings (SSSR count). The summed E-state index contributed by atoms with van der Waals surface area (Å²) in [7, 11) is -5.08. The SMILES string of the molecule is O=C(NOC[C@@H]1C[C@@H](F)CN1)[C@@H]1CC[C@@H]2CN1C(=O)N2OS(=O)(=O)[O-].[Na+]. The second-order valence-electron chi connectivity index (χ2n) is 6.21. The van der Waals surface area contributed by atoms with Crippen molar-refractivity contribution in [3.05, 3.63) is 0 Å². The molecular formula is C12H18FN4NaO7S. The van der Waals surface area contributed by atoms with E-state index in [0.717, 1.165) is 4.90 Å². The van der Waals surface area contributed by atoms with Crippen molar-refractivity contribution in [1.82, 2.24) is 20.8 Å². The summed E-state index contributed by atoms with van der Waals surface area (Å²) in [6, 6.07) is -2.53. The Morgan fingerprint density at radius 2 is 2.15 bits per heavy atom. The van der Waals surface area contributed by atoms with Crippen molar-refractivity contribution in [3.63, 3.8) is 0 Å². The number of hydroxylamine groups is 3. The summed E-state index contributed by atoms with van der Waals surface area (Å²) in [4.78, 5) is 30.5. The molecule has 0 aliphatic carbocycles. The topological polar surface area (TPSA) is 140 Å². The molecule has 14 heteroatoms. The fourth-order valence-electron chi connectivity index (χ4n) is 3.28. The molecule has 3 aliphatic rings. The van der Waals surface area contributed by atoms with Gasteiger partial charge in [-0.2, -0.15) is 9.35 Å². The van der Waals surface area contributed by atoms with Crippen LogP contribution in [0.4, 0.5) is 9.18 Å². The third-order valence-corrected chi connectivity index (χ3v) is 4.77. The third kappa shape index (κ3) is 5.04. The minimum Gasteiger partial charge on any atom is -0.724 e. The maximum atomic E-state index is 13.0. The number of nitrogens with zero attached hydrogens (tertiary/aromatic N) is 2. The first-order valence-corrected chi connectivity index (χ1v) is 9.12. The number of urea groups is 1. The second kappa shape index (κ2) is 8.65. The molecule has 3 fully saturated rings. The van der Waals surface area contributed by atoms with Crippen LogP contribution in [0.2, 0.25) is 0 Å². The third-order valence-electron chi connectivity index (χ3n) is 4.42. The first-order chi connectivity index (χ1) is 11.7. The number of halogens is 1. The predicted molar refractivity (Wildman–Crippen MR) is 76.9 cm³/mol. The largest absolute Gasteiger partial charge is 1.00 e. The fourth-order valence-corrected chi connectivity index (χ4v) is 3.66. The number of hydrogen-bond donors (Lipinski definition) is 2. The van der Waals surface area contributed by atoms with E-state index in [9.17, 15) is 27.0 Å². The zero-order chi connectivity index (χ0) is 18.2. The number of fused-ring (bicyclic) bond motifs is 2. The summed E-state index contributed by atoms with van der Waals surface area (Å²) in [5, 5.41) is 3.40. The Morgan fingerprint density at radius 3 is 2.77 bits per heavy atom. The number of amides is 3. The van der Waals surface area contributed by atoms with Gasteiger partial charge in [-0.25, -0.2) is 23.1 Å². The van der Waals surface area contributed by atoms with Crippen LogP contribution in [-0.2, 0) is 24.3 Å². The van der Waals surface area contributed by atoms with E-state index in [1.807, 2.05) is 0 Å². The smallest absolute Gasteiger partial charge is 0.724 e. The zero-order valence-corrected chi connectivity index (χ0v) is 16.9. The zero-order valence-electron chi connectivity index (χ0n) is 14.1. The van der Waals surface area contributed by atoms with Gasteiger partial charge >= 0.3 is 35.6 Å². The molecule has 0 aromatic heterocycles. The maximum absolute atomic E-state index is 13.0. The van der Waals surface area contributed by atoms with Gasteiger partial charge in [0.2, 0.25) is 10.4 Å². The Bertz CT molecular complexity index is 653. The van der Waals surface area contributed by atoms with E-state index in [4.69, 9.17) is 4.84 Å². The molecular weight excluding hydrogens is 386 g/mol. The molecule has 0 saturated carbocycles. The molecule has 3 aliphatic heterocycles. The van der Waals surface area contributed by atoms with Gasteiger partial charge in [-0.3, -0.25) is 9.63 Å². The monoisotopic (exact) mass is 404 g/mol. The van der Waals surface area contributed by atoms with Gasteiger partial charge < -0.3 is 14.8 Å². The van der Waals surface area contributed by atoms with Crippen LogP contribution < -0.4 is 40.4 Å². The maximum Gasteiger partial charge on any atom is 1.00 e. The van der Waals surface area contributed by atoms with Crippen LogP contribution in [-0.4, -0.2) is 78.9 Å². The van der Waals surface area contributed by atoms with E-state index in [1.165, 1.54) is 0 Å².